The molecule has 1 atom stereocenters. The molecule has 1 unspecified atom stereocenters. The van der Waals surface area contributed by atoms with Crippen molar-refractivity contribution in [1.82, 2.24) is 24.8 Å². The number of nitrogens with one attached hydrogen (secondary N) is 1. The number of fused-ring (bicyclic) bond motifs is 1. The molecule has 1 N–H and O–H groups in total. The fraction of sp³-hybridized carbons (Fsp3) is 0.647. The van der Waals surface area contributed by atoms with Crippen molar-refractivity contribution in [2.75, 3.05) is 39.4 Å². The Morgan fingerprint density at radius 1 is 1.22 bits per heavy atom. The lowest BCUT2D eigenvalue weighted by Gasteiger charge is -2.28. The molecule has 4 rings (SSSR count). The summed E-state index contributed by atoms with van der Waals surface area (Å²) in [7, 11) is 0. The quantitative estimate of drug-likeness (QED) is 0.928. The molecule has 0 amide bonds. The molecule has 2 aliphatic heterocycles. The standard InChI is InChI=1S/C17H25N5O/c1-2-6-18-14(4-1)17-20-15-5-3-7-19-16(15)22(17)9-8-21-10-12-23-13-11-21/h3,5,7,14,18H,1-2,4,6,8-13H2. The molecule has 0 bridgehead atoms. The second kappa shape index (κ2) is 6.95. The van der Waals surface area contributed by atoms with Crippen molar-refractivity contribution in [3.05, 3.63) is 24.2 Å². The van der Waals surface area contributed by atoms with Crippen LogP contribution < -0.4 is 5.32 Å². The highest BCUT2D eigenvalue weighted by atomic mass is 16.5. The number of morpholine rings is 1. The summed E-state index contributed by atoms with van der Waals surface area (Å²) in [4.78, 5) is 12.0. The largest absolute Gasteiger partial charge is 0.379 e. The van der Waals surface area contributed by atoms with E-state index in [0.717, 1.165) is 62.9 Å². The molecule has 6 heteroatoms. The van der Waals surface area contributed by atoms with Crippen LogP contribution in [-0.2, 0) is 11.3 Å². The molecule has 23 heavy (non-hydrogen) atoms. The molecular weight excluding hydrogens is 290 g/mol. The van der Waals surface area contributed by atoms with Crippen molar-refractivity contribution >= 4 is 11.2 Å². The topological polar surface area (TPSA) is 55.2 Å². The normalized spacial score (nSPS) is 23.4. The monoisotopic (exact) mass is 315 g/mol. The van der Waals surface area contributed by atoms with E-state index in [-0.39, 0.29) is 0 Å². The van der Waals surface area contributed by atoms with Gasteiger partial charge in [0.1, 0.15) is 11.3 Å². The van der Waals surface area contributed by atoms with Crippen LogP contribution in [0, 0.1) is 0 Å². The van der Waals surface area contributed by atoms with E-state index < -0.39 is 0 Å². The Kier molecular flexibility index (Phi) is 4.55. The van der Waals surface area contributed by atoms with Gasteiger partial charge in [0, 0.05) is 32.4 Å². The van der Waals surface area contributed by atoms with Gasteiger partial charge in [-0.3, -0.25) is 4.90 Å². The van der Waals surface area contributed by atoms with E-state index >= 15 is 0 Å². The molecule has 2 aromatic rings. The average Bonchev–Trinajstić information content (AvgIpc) is 3.00. The predicted octanol–water partition coefficient (Wildman–Crippen LogP) is 1.58. The second-order valence-electron chi connectivity index (χ2n) is 6.42. The van der Waals surface area contributed by atoms with Gasteiger partial charge in [0.2, 0.25) is 0 Å². The smallest absolute Gasteiger partial charge is 0.160 e. The number of ether oxygens (including phenoxy) is 1. The lowest BCUT2D eigenvalue weighted by molar-refractivity contribution is 0.0363. The van der Waals surface area contributed by atoms with E-state index in [9.17, 15) is 0 Å². The fourth-order valence-electron chi connectivity index (χ4n) is 3.60. The molecule has 0 aromatic carbocycles. The number of pyridine rings is 1. The highest BCUT2D eigenvalue weighted by molar-refractivity contribution is 5.71. The molecule has 2 aliphatic rings. The van der Waals surface area contributed by atoms with Crippen LogP contribution in [0.5, 0.6) is 0 Å². The molecule has 0 spiro atoms. The summed E-state index contributed by atoms with van der Waals surface area (Å²) < 4.78 is 7.77. The summed E-state index contributed by atoms with van der Waals surface area (Å²) in [6.45, 7) is 6.81. The maximum Gasteiger partial charge on any atom is 0.160 e. The minimum atomic E-state index is 0.364. The zero-order valence-corrected chi connectivity index (χ0v) is 13.6. The maximum absolute atomic E-state index is 5.44. The fourth-order valence-corrected chi connectivity index (χ4v) is 3.60. The third kappa shape index (κ3) is 3.24. The van der Waals surface area contributed by atoms with Crippen molar-refractivity contribution in [3.63, 3.8) is 0 Å². The van der Waals surface area contributed by atoms with Gasteiger partial charge in [0.05, 0.1) is 19.3 Å². The Hall–Kier alpha value is -1.50. The van der Waals surface area contributed by atoms with Gasteiger partial charge >= 0.3 is 0 Å². The Morgan fingerprint density at radius 2 is 2.13 bits per heavy atom. The van der Waals surface area contributed by atoms with E-state index in [1.165, 1.54) is 19.3 Å². The van der Waals surface area contributed by atoms with Crippen molar-refractivity contribution in [1.29, 1.82) is 0 Å². The zero-order chi connectivity index (χ0) is 15.5. The number of nitrogens with zero attached hydrogens (tertiary/aromatic N) is 4. The van der Waals surface area contributed by atoms with Gasteiger partial charge in [-0.25, -0.2) is 9.97 Å². The lowest BCUT2D eigenvalue weighted by Crippen LogP contribution is -2.38. The van der Waals surface area contributed by atoms with E-state index in [1.54, 1.807) is 0 Å². The lowest BCUT2D eigenvalue weighted by atomic mass is 10.0. The molecule has 4 heterocycles. The summed E-state index contributed by atoms with van der Waals surface area (Å²) in [6, 6.07) is 4.40. The molecular formula is C17H25N5O. The SMILES string of the molecule is c1cnc2c(c1)nc(C1CCCCN1)n2CCN1CCOCC1. The van der Waals surface area contributed by atoms with Crippen molar-refractivity contribution in [2.45, 2.75) is 31.8 Å². The van der Waals surface area contributed by atoms with Gasteiger partial charge in [0.25, 0.3) is 0 Å². The van der Waals surface area contributed by atoms with Gasteiger partial charge < -0.3 is 14.6 Å². The third-order valence-corrected chi connectivity index (χ3v) is 4.90. The van der Waals surface area contributed by atoms with Gasteiger partial charge in [0.15, 0.2) is 5.65 Å². The van der Waals surface area contributed by atoms with Gasteiger partial charge in [-0.15, -0.1) is 0 Å². The van der Waals surface area contributed by atoms with Crippen molar-refractivity contribution < 1.29 is 4.74 Å². The number of imidazole rings is 1. The molecule has 6 nitrogen and oxygen atoms in total. The van der Waals surface area contributed by atoms with Crippen LogP contribution in [0.4, 0.5) is 0 Å². The van der Waals surface area contributed by atoms with Crippen LogP contribution in [0.3, 0.4) is 0 Å². The number of hydrogen-bond donors (Lipinski definition) is 1. The Bertz CT molecular complexity index is 643. The predicted molar refractivity (Wildman–Crippen MR) is 89.4 cm³/mol. The van der Waals surface area contributed by atoms with Gasteiger partial charge in [-0.2, -0.15) is 0 Å². The van der Waals surface area contributed by atoms with E-state index in [2.05, 4.69) is 25.8 Å². The zero-order valence-electron chi connectivity index (χ0n) is 13.6. The summed E-state index contributed by atoms with van der Waals surface area (Å²) in [5.74, 6) is 1.16. The highest BCUT2D eigenvalue weighted by Crippen LogP contribution is 2.25. The first-order valence-corrected chi connectivity index (χ1v) is 8.76. The summed E-state index contributed by atoms with van der Waals surface area (Å²) in [5, 5.41) is 3.63. The van der Waals surface area contributed by atoms with E-state index in [4.69, 9.17) is 9.72 Å². The molecule has 2 fully saturated rings. The van der Waals surface area contributed by atoms with Crippen molar-refractivity contribution in [3.8, 4) is 0 Å². The number of aromatic nitrogens is 3. The number of hydrogen-bond acceptors (Lipinski definition) is 5. The molecule has 0 saturated carbocycles. The third-order valence-electron chi connectivity index (χ3n) is 4.90. The summed E-state index contributed by atoms with van der Waals surface area (Å²) in [6.07, 6.45) is 5.58. The minimum absolute atomic E-state index is 0.364. The first-order valence-electron chi connectivity index (χ1n) is 8.76. The summed E-state index contributed by atoms with van der Waals surface area (Å²) in [5.41, 5.74) is 2.03. The first-order chi connectivity index (χ1) is 11.4. The molecule has 124 valence electrons. The molecule has 0 radical (unpaired) electrons. The molecule has 2 aromatic heterocycles. The van der Waals surface area contributed by atoms with E-state index in [0.29, 0.717) is 6.04 Å². The highest BCUT2D eigenvalue weighted by Gasteiger charge is 2.23. The number of rotatable bonds is 4. The van der Waals surface area contributed by atoms with Crippen LogP contribution in [0.1, 0.15) is 31.1 Å². The minimum Gasteiger partial charge on any atom is -0.379 e. The van der Waals surface area contributed by atoms with Crippen molar-refractivity contribution in [2.24, 2.45) is 0 Å². The molecule has 0 aliphatic carbocycles. The Labute approximate surface area is 136 Å². The second-order valence-corrected chi connectivity index (χ2v) is 6.42. The first kappa shape index (κ1) is 15.1. The van der Waals surface area contributed by atoms with Crippen LogP contribution in [0.25, 0.3) is 11.2 Å². The summed E-state index contributed by atoms with van der Waals surface area (Å²) >= 11 is 0. The van der Waals surface area contributed by atoms with Crippen LogP contribution >= 0.6 is 0 Å². The van der Waals surface area contributed by atoms with Crippen LogP contribution in [0.2, 0.25) is 0 Å². The average molecular weight is 315 g/mol. The van der Waals surface area contributed by atoms with Gasteiger partial charge in [-0.05, 0) is 31.5 Å². The van der Waals surface area contributed by atoms with Gasteiger partial charge in [-0.1, -0.05) is 6.42 Å². The van der Waals surface area contributed by atoms with Crippen LogP contribution in [-0.4, -0.2) is 58.8 Å². The Morgan fingerprint density at radius 3 is 2.96 bits per heavy atom. The number of piperidine rings is 1. The van der Waals surface area contributed by atoms with E-state index in [1.807, 2.05) is 12.3 Å². The maximum atomic E-state index is 5.44. The Balaban J connectivity index is 1.59. The van der Waals surface area contributed by atoms with Crippen LogP contribution in [0.15, 0.2) is 18.3 Å². The molecule has 2 saturated heterocycles.